The standard InChI is InChI=1S/C16H19NO3S/c1-3-6-14-17-13(15(21-14)16(18)19)10-20-12-8-5-7-11(4-2)9-12/h5,7-9H,3-4,6,10H2,1-2H3,(H,18,19). The number of hydrogen-bond acceptors (Lipinski definition) is 4. The highest BCUT2D eigenvalue weighted by Crippen LogP contribution is 2.22. The summed E-state index contributed by atoms with van der Waals surface area (Å²) in [5, 5.41) is 10.1. The summed E-state index contributed by atoms with van der Waals surface area (Å²) in [5.74, 6) is -0.188. The molecule has 0 atom stereocenters. The zero-order valence-corrected chi connectivity index (χ0v) is 13.1. The number of benzene rings is 1. The highest BCUT2D eigenvalue weighted by atomic mass is 32.1. The number of aryl methyl sites for hydroxylation is 2. The summed E-state index contributed by atoms with van der Waals surface area (Å²) in [4.78, 5) is 15.9. The minimum absolute atomic E-state index is 0.189. The van der Waals surface area contributed by atoms with Gasteiger partial charge in [-0.2, -0.15) is 0 Å². The van der Waals surface area contributed by atoms with E-state index in [0.717, 1.165) is 30.0 Å². The smallest absolute Gasteiger partial charge is 0.347 e. The van der Waals surface area contributed by atoms with Crippen LogP contribution in [0.1, 0.15) is 46.2 Å². The number of thiazole rings is 1. The normalized spacial score (nSPS) is 10.6. The van der Waals surface area contributed by atoms with Gasteiger partial charge in [0.15, 0.2) is 0 Å². The maximum absolute atomic E-state index is 11.3. The predicted molar refractivity (Wildman–Crippen MR) is 83.2 cm³/mol. The lowest BCUT2D eigenvalue weighted by Crippen LogP contribution is -2.03. The van der Waals surface area contributed by atoms with E-state index >= 15 is 0 Å². The van der Waals surface area contributed by atoms with Crippen LogP contribution in [0.5, 0.6) is 5.75 Å². The molecule has 2 rings (SSSR count). The van der Waals surface area contributed by atoms with Gasteiger partial charge >= 0.3 is 5.97 Å². The Hall–Kier alpha value is -1.88. The van der Waals surface area contributed by atoms with Crippen LogP contribution >= 0.6 is 11.3 Å². The van der Waals surface area contributed by atoms with Crippen LogP contribution in [0.3, 0.4) is 0 Å². The minimum Gasteiger partial charge on any atom is -0.487 e. The molecule has 1 aromatic heterocycles. The fourth-order valence-corrected chi connectivity index (χ4v) is 3.00. The molecule has 2 aromatic rings. The number of carbonyl (C=O) groups is 1. The lowest BCUT2D eigenvalue weighted by atomic mass is 10.2. The summed E-state index contributed by atoms with van der Waals surface area (Å²) in [6, 6.07) is 7.83. The Morgan fingerprint density at radius 3 is 2.86 bits per heavy atom. The molecule has 0 aliphatic heterocycles. The maximum atomic E-state index is 11.3. The predicted octanol–water partition coefficient (Wildman–Crippen LogP) is 3.94. The molecule has 0 aliphatic carbocycles. The summed E-state index contributed by atoms with van der Waals surface area (Å²) in [7, 11) is 0. The lowest BCUT2D eigenvalue weighted by molar-refractivity contribution is 0.0699. The van der Waals surface area contributed by atoms with Gasteiger partial charge < -0.3 is 9.84 Å². The zero-order valence-electron chi connectivity index (χ0n) is 12.3. The highest BCUT2D eigenvalue weighted by Gasteiger charge is 2.17. The van der Waals surface area contributed by atoms with Crippen molar-refractivity contribution in [2.45, 2.75) is 39.7 Å². The molecule has 112 valence electrons. The van der Waals surface area contributed by atoms with E-state index in [1.54, 1.807) is 0 Å². The van der Waals surface area contributed by atoms with Crippen molar-refractivity contribution in [3.05, 3.63) is 45.4 Å². The van der Waals surface area contributed by atoms with Crippen molar-refractivity contribution in [3.63, 3.8) is 0 Å². The van der Waals surface area contributed by atoms with E-state index in [1.807, 2.05) is 31.2 Å². The Balaban J connectivity index is 2.12. The number of ether oxygens (including phenoxy) is 1. The van der Waals surface area contributed by atoms with E-state index in [1.165, 1.54) is 16.9 Å². The zero-order chi connectivity index (χ0) is 15.2. The fourth-order valence-electron chi connectivity index (χ4n) is 1.99. The third kappa shape index (κ3) is 4.04. The van der Waals surface area contributed by atoms with Crippen LogP contribution in [-0.2, 0) is 19.4 Å². The van der Waals surface area contributed by atoms with Crippen molar-refractivity contribution in [2.75, 3.05) is 0 Å². The van der Waals surface area contributed by atoms with Crippen LogP contribution in [-0.4, -0.2) is 16.1 Å². The molecule has 0 spiro atoms. The first-order valence-corrected chi connectivity index (χ1v) is 7.89. The minimum atomic E-state index is -0.934. The second-order valence-electron chi connectivity index (χ2n) is 4.73. The van der Waals surface area contributed by atoms with E-state index in [4.69, 9.17) is 4.74 Å². The Kier molecular flexibility index (Phi) is 5.33. The first-order valence-electron chi connectivity index (χ1n) is 7.07. The van der Waals surface area contributed by atoms with Gasteiger partial charge in [0.1, 0.15) is 22.9 Å². The first-order chi connectivity index (χ1) is 10.1. The Morgan fingerprint density at radius 2 is 2.19 bits per heavy atom. The molecule has 21 heavy (non-hydrogen) atoms. The van der Waals surface area contributed by atoms with Gasteiger partial charge in [-0.15, -0.1) is 11.3 Å². The Labute approximate surface area is 128 Å². The van der Waals surface area contributed by atoms with Gasteiger partial charge in [0.2, 0.25) is 0 Å². The lowest BCUT2D eigenvalue weighted by Gasteiger charge is -2.06. The molecule has 0 unspecified atom stereocenters. The monoisotopic (exact) mass is 305 g/mol. The summed E-state index contributed by atoms with van der Waals surface area (Å²) in [6.45, 7) is 4.32. The van der Waals surface area contributed by atoms with Crippen LogP contribution in [0.15, 0.2) is 24.3 Å². The summed E-state index contributed by atoms with van der Waals surface area (Å²) in [5.41, 5.74) is 1.70. The molecule has 0 fully saturated rings. The van der Waals surface area contributed by atoms with Crippen molar-refractivity contribution in [2.24, 2.45) is 0 Å². The Bertz CT molecular complexity index is 622. The van der Waals surface area contributed by atoms with Crippen molar-refractivity contribution >= 4 is 17.3 Å². The van der Waals surface area contributed by atoms with Crippen molar-refractivity contribution in [1.29, 1.82) is 0 Å². The summed E-state index contributed by atoms with van der Waals surface area (Å²) in [6.07, 6.45) is 2.69. The highest BCUT2D eigenvalue weighted by molar-refractivity contribution is 7.13. The molecule has 4 nitrogen and oxygen atoms in total. The molecule has 1 heterocycles. The van der Waals surface area contributed by atoms with Crippen molar-refractivity contribution in [3.8, 4) is 5.75 Å². The van der Waals surface area contributed by atoms with E-state index in [2.05, 4.69) is 11.9 Å². The van der Waals surface area contributed by atoms with E-state index in [-0.39, 0.29) is 11.5 Å². The van der Waals surface area contributed by atoms with Gasteiger partial charge in [0.25, 0.3) is 0 Å². The van der Waals surface area contributed by atoms with Gasteiger partial charge in [0.05, 0.1) is 5.01 Å². The van der Waals surface area contributed by atoms with Crippen molar-refractivity contribution < 1.29 is 14.6 Å². The van der Waals surface area contributed by atoms with Crippen LogP contribution < -0.4 is 4.74 Å². The van der Waals surface area contributed by atoms with Crippen LogP contribution in [0.2, 0.25) is 0 Å². The van der Waals surface area contributed by atoms with Crippen LogP contribution in [0, 0.1) is 0 Å². The number of rotatable bonds is 7. The molecule has 1 N–H and O–H groups in total. The molecular weight excluding hydrogens is 286 g/mol. The largest absolute Gasteiger partial charge is 0.487 e. The SMILES string of the molecule is CCCc1nc(COc2cccc(CC)c2)c(C(=O)O)s1. The molecule has 0 saturated carbocycles. The van der Waals surface area contributed by atoms with E-state index < -0.39 is 5.97 Å². The second-order valence-corrected chi connectivity index (χ2v) is 5.81. The number of hydrogen-bond donors (Lipinski definition) is 1. The molecule has 5 heteroatoms. The molecular formula is C16H19NO3S. The van der Waals surface area contributed by atoms with E-state index in [9.17, 15) is 9.90 Å². The third-order valence-electron chi connectivity index (χ3n) is 3.08. The Morgan fingerprint density at radius 1 is 1.38 bits per heavy atom. The van der Waals surface area contributed by atoms with Crippen molar-refractivity contribution in [1.82, 2.24) is 4.98 Å². The molecule has 1 aromatic carbocycles. The summed E-state index contributed by atoms with van der Waals surface area (Å²) < 4.78 is 5.70. The molecule has 0 radical (unpaired) electrons. The summed E-state index contributed by atoms with van der Waals surface area (Å²) >= 11 is 1.24. The van der Waals surface area contributed by atoms with Gasteiger partial charge in [0, 0.05) is 0 Å². The average molecular weight is 305 g/mol. The number of carboxylic acids is 1. The number of aromatic carboxylic acids is 1. The molecule has 0 saturated heterocycles. The quantitative estimate of drug-likeness (QED) is 0.842. The average Bonchev–Trinajstić information content (AvgIpc) is 2.89. The van der Waals surface area contributed by atoms with E-state index in [0.29, 0.717) is 5.69 Å². The van der Waals surface area contributed by atoms with Gasteiger partial charge in [-0.3, -0.25) is 0 Å². The van der Waals surface area contributed by atoms with Gasteiger partial charge in [-0.25, -0.2) is 9.78 Å². The third-order valence-corrected chi connectivity index (χ3v) is 4.23. The molecule has 0 amide bonds. The number of nitrogens with zero attached hydrogens (tertiary/aromatic N) is 1. The maximum Gasteiger partial charge on any atom is 0.347 e. The van der Waals surface area contributed by atoms with Crippen LogP contribution in [0.4, 0.5) is 0 Å². The van der Waals surface area contributed by atoms with Gasteiger partial charge in [-0.1, -0.05) is 26.0 Å². The van der Waals surface area contributed by atoms with Gasteiger partial charge in [-0.05, 0) is 37.0 Å². The van der Waals surface area contributed by atoms with Crippen LogP contribution in [0.25, 0.3) is 0 Å². The number of aromatic nitrogens is 1. The topological polar surface area (TPSA) is 59.4 Å². The number of carboxylic acid groups (broad SMARTS) is 1. The fraction of sp³-hybridized carbons (Fsp3) is 0.375. The molecule has 0 bridgehead atoms. The second kappa shape index (κ2) is 7.22. The molecule has 0 aliphatic rings. The first kappa shape index (κ1) is 15.5.